The summed E-state index contributed by atoms with van der Waals surface area (Å²) in [7, 11) is 0. The average Bonchev–Trinajstić information content (AvgIpc) is 2.84. The van der Waals surface area contributed by atoms with Crippen LogP contribution in [-0.2, 0) is 11.2 Å². The van der Waals surface area contributed by atoms with Crippen LogP contribution in [0, 0.1) is 0 Å². The van der Waals surface area contributed by atoms with E-state index in [1.54, 1.807) is 0 Å². The van der Waals surface area contributed by atoms with Gasteiger partial charge in [-0.1, -0.05) is 29.8 Å². The molecule has 1 aromatic carbocycles. The highest BCUT2D eigenvalue weighted by Crippen LogP contribution is 2.47. The lowest BCUT2D eigenvalue weighted by molar-refractivity contribution is -0.132. The fourth-order valence-electron chi connectivity index (χ4n) is 3.13. The van der Waals surface area contributed by atoms with E-state index >= 15 is 0 Å². The number of allylic oxidation sites excluding steroid dienone is 1. The third kappa shape index (κ3) is 2.61. The molecular weight excluding hydrogens is 292 g/mol. The summed E-state index contributed by atoms with van der Waals surface area (Å²) in [5.74, 6) is -0.758. The molecule has 106 valence electrons. The molecule has 2 atom stereocenters. The van der Waals surface area contributed by atoms with Crippen LogP contribution in [0.25, 0.3) is 0 Å². The van der Waals surface area contributed by atoms with Crippen LogP contribution in [0.2, 0.25) is 5.02 Å². The zero-order valence-electron chi connectivity index (χ0n) is 11.1. The van der Waals surface area contributed by atoms with Crippen LogP contribution in [0.5, 0.6) is 0 Å². The first-order valence-corrected chi connectivity index (χ1v) is 8.35. The van der Waals surface area contributed by atoms with Crippen LogP contribution in [0.4, 0.5) is 0 Å². The van der Waals surface area contributed by atoms with Gasteiger partial charge >= 0.3 is 5.97 Å². The van der Waals surface area contributed by atoms with Gasteiger partial charge in [0, 0.05) is 21.1 Å². The molecule has 0 aromatic heterocycles. The number of hydrogen-bond acceptors (Lipinski definition) is 2. The Morgan fingerprint density at radius 2 is 2.15 bits per heavy atom. The molecule has 2 aliphatic carbocycles. The summed E-state index contributed by atoms with van der Waals surface area (Å²) in [4.78, 5) is 11.3. The van der Waals surface area contributed by atoms with Gasteiger partial charge in [-0.2, -0.15) is 0 Å². The normalized spacial score (nSPS) is 25.1. The number of carbonyl (C=O) groups is 1. The van der Waals surface area contributed by atoms with Gasteiger partial charge in [-0.05, 0) is 49.3 Å². The second-order valence-corrected chi connectivity index (χ2v) is 7.17. The number of benzene rings is 1. The quantitative estimate of drug-likeness (QED) is 0.885. The summed E-state index contributed by atoms with van der Waals surface area (Å²) >= 11 is 8.05. The highest BCUT2D eigenvalue weighted by molar-refractivity contribution is 8.00. The third-order valence-corrected chi connectivity index (χ3v) is 6.11. The van der Waals surface area contributed by atoms with Crippen molar-refractivity contribution in [2.45, 2.75) is 42.6 Å². The number of carboxylic acids is 1. The van der Waals surface area contributed by atoms with Crippen molar-refractivity contribution in [3.05, 3.63) is 46.0 Å². The van der Waals surface area contributed by atoms with Gasteiger partial charge in [0.05, 0.1) is 0 Å². The van der Waals surface area contributed by atoms with Gasteiger partial charge in [0.25, 0.3) is 0 Å². The summed E-state index contributed by atoms with van der Waals surface area (Å²) < 4.78 is 0. The first kappa shape index (κ1) is 14.0. The SMILES string of the molecule is O=C(O)C1=CCCCC1SC1CCc2c(Cl)cccc21. The van der Waals surface area contributed by atoms with Crippen LogP contribution in [-0.4, -0.2) is 16.3 Å². The minimum absolute atomic E-state index is 0.121. The van der Waals surface area contributed by atoms with Crippen LogP contribution in [0.15, 0.2) is 29.8 Å². The zero-order chi connectivity index (χ0) is 14.1. The number of hydrogen-bond donors (Lipinski definition) is 1. The summed E-state index contributed by atoms with van der Waals surface area (Å²) in [5, 5.41) is 10.7. The summed E-state index contributed by atoms with van der Waals surface area (Å²) in [5.41, 5.74) is 3.15. The highest BCUT2D eigenvalue weighted by Gasteiger charge is 2.31. The van der Waals surface area contributed by atoms with Gasteiger partial charge in [0.2, 0.25) is 0 Å². The van der Waals surface area contributed by atoms with Crippen LogP contribution in [0.3, 0.4) is 0 Å². The Labute approximate surface area is 128 Å². The lowest BCUT2D eigenvalue weighted by Crippen LogP contribution is -2.19. The van der Waals surface area contributed by atoms with Crippen LogP contribution < -0.4 is 0 Å². The summed E-state index contributed by atoms with van der Waals surface area (Å²) in [6.07, 6.45) is 6.92. The van der Waals surface area contributed by atoms with Gasteiger partial charge < -0.3 is 5.11 Å². The van der Waals surface area contributed by atoms with Gasteiger partial charge in [-0.3, -0.25) is 0 Å². The van der Waals surface area contributed by atoms with E-state index in [1.165, 1.54) is 11.1 Å². The topological polar surface area (TPSA) is 37.3 Å². The van der Waals surface area contributed by atoms with E-state index in [4.69, 9.17) is 11.6 Å². The number of carboxylic acid groups (broad SMARTS) is 1. The fourth-order valence-corrected chi connectivity index (χ4v) is 5.07. The standard InChI is InChI=1S/C16H17ClO2S/c17-13-6-3-5-11-10(13)8-9-15(11)20-14-7-2-1-4-12(14)16(18)19/h3-6,14-15H,1-2,7-9H2,(H,18,19). The van der Waals surface area contributed by atoms with E-state index in [-0.39, 0.29) is 5.25 Å². The van der Waals surface area contributed by atoms with Gasteiger partial charge in [-0.25, -0.2) is 4.79 Å². The summed E-state index contributed by atoms with van der Waals surface area (Å²) in [6.45, 7) is 0. The molecule has 2 unspecified atom stereocenters. The lowest BCUT2D eigenvalue weighted by atomic mass is 9.99. The van der Waals surface area contributed by atoms with Crippen molar-refractivity contribution >= 4 is 29.3 Å². The van der Waals surface area contributed by atoms with Crippen LogP contribution >= 0.6 is 23.4 Å². The minimum Gasteiger partial charge on any atom is -0.478 e. The van der Waals surface area contributed by atoms with E-state index in [0.717, 1.165) is 37.1 Å². The molecule has 4 heteroatoms. The van der Waals surface area contributed by atoms with Crippen LogP contribution in [0.1, 0.15) is 42.1 Å². The average molecular weight is 309 g/mol. The third-order valence-electron chi connectivity index (χ3n) is 4.12. The molecule has 0 saturated carbocycles. The first-order valence-electron chi connectivity index (χ1n) is 7.03. The van der Waals surface area contributed by atoms with Crippen molar-refractivity contribution in [3.8, 4) is 0 Å². The Hall–Kier alpha value is -0.930. The maximum absolute atomic E-state index is 11.3. The monoisotopic (exact) mass is 308 g/mol. The zero-order valence-corrected chi connectivity index (χ0v) is 12.7. The molecule has 2 nitrogen and oxygen atoms in total. The Balaban J connectivity index is 1.80. The molecule has 0 aliphatic heterocycles. The van der Waals surface area contributed by atoms with E-state index in [9.17, 15) is 9.90 Å². The van der Waals surface area contributed by atoms with E-state index in [1.807, 2.05) is 30.0 Å². The molecule has 0 radical (unpaired) electrons. The molecule has 3 rings (SSSR count). The van der Waals surface area contributed by atoms with Crippen molar-refractivity contribution < 1.29 is 9.90 Å². The Bertz CT molecular complexity index is 568. The molecule has 20 heavy (non-hydrogen) atoms. The minimum atomic E-state index is -0.758. The van der Waals surface area contributed by atoms with Crippen molar-refractivity contribution in [3.63, 3.8) is 0 Å². The number of rotatable bonds is 3. The van der Waals surface area contributed by atoms with E-state index in [2.05, 4.69) is 6.07 Å². The summed E-state index contributed by atoms with van der Waals surface area (Å²) in [6, 6.07) is 6.07. The van der Waals surface area contributed by atoms with E-state index in [0.29, 0.717) is 10.8 Å². The molecule has 0 fully saturated rings. The van der Waals surface area contributed by atoms with Gasteiger partial charge in [0.15, 0.2) is 0 Å². The number of aliphatic carboxylic acids is 1. The molecule has 0 amide bonds. The van der Waals surface area contributed by atoms with Crippen molar-refractivity contribution in [2.75, 3.05) is 0 Å². The molecular formula is C16H17ClO2S. The Morgan fingerprint density at radius 1 is 1.30 bits per heavy atom. The largest absolute Gasteiger partial charge is 0.478 e. The second-order valence-electron chi connectivity index (χ2n) is 5.36. The molecule has 0 heterocycles. The predicted molar refractivity (Wildman–Crippen MR) is 83.5 cm³/mol. The Kier molecular flexibility index (Phi) is 4.08. The van der Waals surface area contributed by atoms with Gasteiger partial charge in [-0.15, -0.1) is 11.8 Å². The molecule has 0 saturated heterocycles. The smallest absolute Gasteiger partial charge is 0.332 e. The Morgan fingerprint density at radius 3 is 2.95 bits per heavy atom. The maximum atomic E-state index is 11.3. The fraction of sp³-hybridized carbons (Fsp3) is 0.438. The van der Waals surface area contributed by atoms with Crippen molar-refractivity contribution in [1.82, 2.24) is 0 Å². The maximum Gasteiger partial charge on any atom is 0.332 e. The number of fused-ring (bicyclic) bond motifs is 1. The van der Waals surface area contributed by atoms with Gasteiger partial charge in [0.1, 0.15) is 0 Å². The molecule has 1 N–H and O–H groups in total. The second kappa shape index (κ2) is 5.82. The lowest BCUT2D eigenvalue weighted by Gasteiger charge is -2.24. The molecule has 2 aliphatic rings. The van der Waals surface area contributed by atoms with Crippen molar-refractivity contribution in [1.29, 1.82) is 0 Å². The number of halogens is 1. The van der Waals surface area contributed by atoms with E-state index < -0.39 is 5.97 Å². The molecule has 1 aromatic rings. The number of thioether (sulfide) groups is 1. The highest BCUT2D eigenvalue weighted by atomic mass is 35.5. The molecule has 0 spiro atoms. The molecule has 0 bridgehead atoms. The van der Waals surface area contributed by atoms with Crippen molar-refractivity contribution in [2.24, 2.45) is 0 Å². The predicted octanol–water partition coefficient (Wildman–Crippen LogP) is 4.62. The first-order chi connectivity index (χ1) is 9.66.